The van der Waals surface area contributed by atoms with E-state index in [9.17, 15) is 0 Å². The van der Waals surface area contributed by atoms with Gasteiger partial charge in [0.15, 0.2) is 0 Å². The number of pyridine rings is 1. The molecule has 2 N–H and O–H groups in total. The Morgan fingerprint density at radius 3 is 2.73 bits per heavy atom. The summed E-state index contributed by atoms with van der Waals surface area (Å²) in [6.45, 7) is 0. The second kappa shape index (κ2) is 4.75. The Kier molecular flexibility index (Phi) is 3.36. The van der Waals surface area contributed by atoms with Gasteiger partial charge in [-0.15, -0.1) is 0 Å². The Morgan fingerprint density at radius 2 is 2.13 bits per heavy atom. The maximum absolute atomic E-state index is 5.62. The van der Waals surface area contributed by atoms with Crippen LogP contribution >= 0.6 is 11.8 Å². The average molecular weight is 223 g/mol. The van der Waals surface area contributed by atoms with Crippen LogP contribution in [0.15, 0.2) is 18.3 Å². The van der Waals surface area contributed by atoms with Gasteiger partial charge in [-0.1, -0.05) is 0 Å². The fraction of sp³-hybridized carbons (Fsp3) is 0.545. The lowest BCUT2D eigenvalue weighted by Gasteiger charge is -2.31. The van der Waals surface area contributed by atoms with E-state index in [-0.39, 0.29) is 0 Å². The third kappa shape index (κ3) is 2.56. The zero-order chi connectivity index (χ0) is 10.7. The maximum atomic E-state index is 5.62. The first-order valence-electron chi connectivity index (χ1n) is 5.29. The second-order valence-corrected chi connectivity index (χ2v) is 5.13. The fourth-order valence-electron chi connectivity index (χ4n) is 1.87. The van der Waals surface area contributed by atoms with Crippen molar-refractivity contribution in [3.63, 3.8) is 0 Å². The molecular weight excluding hydrogens is 206 g/mol. The van der Waals surface area contributed by atoms with E-state index in [4.69, 9.17) is 5.73 Å². The van der Waals surface area contributed by atoms with E-state index in [1.165, 1.54) is 24.3 Å². The van der Waals surface area contributed by atoms with Crippen LogP contribution in [0.4, 0.5) is 11.5 Å². The van der Waals surface area contributed by atoms with E-state index >= 15 is 0 Å². The number of hydrogen-bond acceptors (Lipinski definition) is 4. The van der Waals surface area contributed by atoms with Gasteiger partial charge in [0.2, 0.25) is 0 Å². The number of nitrogens with two attached hydrogens (primary N) is 1. The van der Waals surface area contributed by atoms with Crippen LogP contribution in [0.3, 0.4) is 0 Å². The van der Waals surface area contributed by atoms with Gasteiger partial charge in [-0.25, -0.2) is 4.98 Å². The molecule has 15 heavy (non-hydrogen) atoms. The highest BCUT2D eigenvalue weighted by molar-refractivity contribution is 7.99. The third-order valence-electron chi connectivity index (χ3n) is 2.87. The summed E-state index contributed by atoms with van der Waals surface area (Å²) in [5.41, 5.74) is 6.35. The minimum Gasteiger partial charge on any atom is -0.397 e. The summed E-state index contributed by atoms with van der Waals surface area (Å²) in [5, 5.41) is 0. The Balaban J connectivity index is 2.05. The van der Waals surface area contributed by atoms with Crippen LogP contribution in [0.2, 0.25) is 0 Å². The van der Waals surface area contributed by atoms with Crippen LogP contribution in [0.1, 0.15) is 12.8 Å². The Hall–Kier alpha value is -0.900. The third-order valence-corrected chi connectivity index (χ3v) is 3.92. The first-order chi connectivity index (χ1) is 7.27. The summed E-state index contributed by atoms with van der Waals surface area (Å²) in [6, 6.07) is 4.55. The van der Waals surface area contributed by atoms with Gasteiger partial charge in [0, 0.05) is 13.1 Å². The number of nitrogen functional groups attached to an aromatic ring is 1. The van der Waals surface area contributed by atoms with Crippen molar-refractivity contribution in [3.05, 3.63) is 18.3 Å². The van der Waals surface area contributed by atoms with Crippen molar-refractivity contribution in [3.8, 4) is 0 Å². The minimum absolute atomic E-state index is 0.641. The van der Waals surface area contributed by atoms with Gasteiger partial charge in [0.1, 0.15) is 5.82 Å². The number of anilines is 2. The molecule has 2 heterocycles. The molecule has 4 heteroatoms. The van der Waals surface area contributed by atoms with Gasteiger partial charge in [-0.05, 0) is 36.5 Å². The molecule has 0 aromatic carbocycles. The molecule has 0 radical (unpaired) electrons. The van der Waals surface area contributed by atoms with Gasteiger partial charge in [0.05, 0.1) is 11.9 Å². The molecule has 2 rings (SSSR count). The molecule has 1 fully saturated rings. The molecule has 1 aliphatic heterocycles. The van der Waals surface area contributed by atoms with Crippen LogP contribution in [0.5, 0.6) is 0 Å². The first-order valence-corrected chi connectivity index (χ1v) is 6.45. The lowest BCUT2D eigenvalue weighted by molar-refractivity contribution is 0.583. The van der Waals surface area contributed by atoms with E-state index < -0.39 is 0 Å². The first kappa shape index (κ1) is 10.6. The molecule has 0 bridgehead atoms. The van der Waals surface area contributed by atoms with Crippen LogP contribution in [-0.4, -0.2) is 29.6 Å². The molecule has 0 amide bonds. The lowest BCUT2D eigenvalue weighted by atomic mass is 10.1. The zero-order valence-corrected chi connectivity index (χ0v) is 9.83. The predicted molar refractivity (Wildman–Crippen MR) is 67.4 cm³/mol. The fourth-order valence-corrected chi connectivity index (χ4v) is 2.95. The van der Waals surface area contributed by atoms with E-state index in [2.05, 4.69) is 16.9 Å². The smallest absolute Gasteiger partial charge is 0.128 e. The van der Waals surface area contributed by atoms with Crippen molar-refractivity contribution in [2.45, 2.75) is 18.9 Å². The molecule has 0 atom stereocenters. The van der Waals surface area contributed by atoms with Crippen LogP contribution in [0, 0.1) is 0 Å². The van der Waals surface area contributed by atoms with Gasteiger partial charge >= 0.3 is 0 Å². The van der Waals surface area contributed by atoms with Gasteiger partial charge in [0.25, 0.3) is 0 Å². The summed E-state index contributed by atoms with van der Waals surface area (Å²) < 4.78 is 0. The SMILES string of the molecule is CN(c1ccc(N)cn1)C1CCSCC1. The summed E-state index contributed by atoms with van der Waals surface area (Å²) >= 11 is 2.05. The summed E-state index contributed by atoms with van der Waals surface area (Å²) in [6.07, 6.45) is 4.24. The van der Waals surface area contributed by atoms with Crippen molar-refractivity contribution >= 4 is 23.3 Å². The molecule has 0 unspecified atom stereocenters. The number of aromatic nitrogens is 1. The lowest BCUT2D eigenvalue weighted by Crippen LogP contribution is -2.35. The molecule has 0 aliphatic carbocycles. The van der Waals surface area contributed by atoms with E-state index in [0.29, 0.717) is 6.04 Å². The number of thioether (sulfide) groups is 1. The summed E-state index contributed by atoms with van der Waals surface area (Å²) in [5.74, 6) is 3.56. The van der Waals surface area contributed by atoms with Gasteiger partial charge < -0.3 is 10.6 Å². The number of hydrogen-bond donors (Lipinski definition) is 1. The Bertz CT molecular complexity index is 306. The number of rotatable bonds is 2. The standard InChI is InChI=1S/C11H17N3S/c1-14(10-4-6-15-7-5-10)11-3-2-9(12)8-13-11/h2-3,8,10H,4-7,12H2,1H3. The molecular formula is C11H17N3S. The molecule has 0 saturated carbocycles. The molecule has 1 saturated heterocycles. The summed E-state index contributed by atoms with van der Waals surface area (Å²) in [4.78, 5) is 6.62. The normalized spacial score (nSPS) is 17.7. The number of nitrogens with zero attached hydrogens (tertiary/aromatic N) is 2. The highest BCUT2D eigenvalue weighted by atomic mass is 32.2. The highest BCUT2D eigenvalue weighted by Gasteiger charge is 2.18. The molecule has 82 valence electrons. The van der Waals surface area contributed by atoms with Crippen molar-refractivity contribution in [1.29, 1.82) is 0 Å². The quantitative estimate of drug-likeness (QED) is 0.832. The zero-order valence-electron chi connectivity index (χ0n) is 9.02. The monoisotopic (exact) mass is 223 g/mol. The highest BCUT2D eigenvalue weighted by Crippen LogP contribution is 2.24. The summed E-state index contributed by atoms with van der Waals surface area (Å²) in [7, 11) is 2.12. The molecule has 1 aromatic heterocycles. The largest absolute Gasteiger partial charge is 0.397 e. The van der Waals surface area contributed by atoms with Crippen molar-refractivity contribution in [2.75, 3.05) is 29.2 Å². The molecule has 0 spiro atoms. The van der Waals surface area contributed by atoms with E-state index in [1.807, 2.05) is 23.9 Å². The van der Waals surface area contributed by atoms with Gasteiger partial charge in [-0.3, -0.25) is 0 Å². The van der Waals surface area contributed by atoms with E-state index in [0.717, 1.165) is 11.5 Å². The average Bonchev–Trinajstić information content (AvgIpc) is 2.30. The maximum Gasteiger partial charge on any atom is 0.128 e. The van der Waals surface area contributed by atoms with Crippen molar-refractivity contribution < 1.29 is 0 Å². The molecule has 1 aromatic rings. The van der Waals surface area contributed by atoms with E-state index in [1.54, 1.807) is 6.20 Å². The Labute approximate surface area is 95.1 Å². The second-order valence-electron chi connectivity index (χ2n) is 3.90. The molecule has 1 aliphatic rings. The Morgan fingerprint density at radius 1 is 1.40 bits per heavy atom. The topological polar surface area (TPSA) is 42.1 Å². The van der Waals surface area contributed by atoms with Crippen molar-refractivity contribution in [1.82, 2.24) is 4.98 Å². The van der Waals surface area contributed by atoms with Crippen LogP contribution in [0.25, 0.3) is 0 Å². The van der Waals surface area contributed by atoms with Crippen LogP contribution in [-0.2, 0) is 0 Å². The van der Waals surface area contributed by atoms with Crippen LogP contribution < -0.4 is 10.6 Å². The predicted octanol–water partition coefficient (Wildman–Crippen LogP) is 2.00. The molecule has 3 nitrogen and oxygen atoms in total. The minimum atomic E-state index is 0.641. The van der Waals surface area contributed by atoms with Gasteiger partial charge in [-0.2, -0.15) is 11.8 Å². The van der Waals surface area contributed by atoms with Crippen molar-refractivity contribution in [2.24, 2.45) is 0 Å².